The van der Waals surface area contributed by atoms with Crippen molar-refractivity contribution in [3.63, 3.8) is 0 Å². The van der Waals surface area contributed by atoms with Gasteiger partial charge < -0.3 is 0 Å². The predicted octanol–water partition coefficient (Wildman–Crippen LogP) is 5.01. The van der Waals surface area contributed by atoms with Crippen LogP contribution in [0.3, 0.4) is 0 Å². The Morgan fingerprint density at radius 1 is 1.31 bits per heavy atom. The number of allylic oxidation sites excluding steroid dienone is 8. The molecule has 0 N–H and O–H groups in total. The van der Waals surface area contributed by atoms with E-state index in [9.17, 15) is 0 Å². The van der Waals surface area contributed by atoms with Gasteiger partial charge in [0.25, 0.3) is 0 Å². The summed E-state index contributed by atoms with van der Waals surface area (Å²) in [5.41, 5.74) is 0.103. The van der Waals surface area contributed by atoms with Crippen molar-refractivity contribution in [2.75, 3.05) is 0 Å². The molecule has 0 fully saturated rings. The molecule has 0 aliphatic heterocycles. The van der Waals surface area contributed by atoms with Crippen molar-refractivity contribution in [3.05, 3.63) is 71.6 Å². The monoisotopic (exact) mass is 230 g/mol. The van der Waals surface area contributed by atoms with Gasteiger partial charge in [-0.1, -0.05) is 75.2 Å². The maximum absolute atomic E-state index is 3.80. The lowest BCUT2D eigenvalue weighted by molar-refractivity contribution is 0.626. The normalized spacial score (nSPS) is 18.9. The van der Waals surface area contributed by atoms with Crippen molar-refractivity contribution in [1.29, 1.82) is 0 Å². The molecule has 84 valence electrons. The molecule has 0 saturated carbocycles. The highest BCUT2D eigenvalue weighted by molar-refractivity contribution is 8.07. The Morgan fingerprint density at radius 3 is 2.69 bits per heavy atom. The molecule has 16 heavy (non-hydrogen) atoms. The molecule has 0 aromatic carbocycles. The number of rotatable bonds is 4. The summed E-state index contributed by atoms with van der Waals surface area (Å²) in [6.07, 6.45) is 16.4. The minimum atomic E-state index is 0.103. The Hall–Kier alpha value is -1.21. The zero-order valence-electron chi connectivity index (χ0n) is 9.94. The zero-order valence-corrected chi connectivity index (χ0v) is 10.8. The predicted molar refractivity (Wildman–Crippen MR) is 76.2 cm³/mol. The van der Waals surface area contributed by atoms with E-state index in [-0.39, 0.29) is 5.41 Å². The molecule has 0 radical (unpaired) electrons. The average Bonchev–Trinajstić information content (AvgIpc) is 2.38. The molecule has 0 atom stereocenters. The Labute approximate surface area is 103 Å². The molecule has 0 spiro atoms. The molecule has 1 aliphatic rings. The molecule has 0 saturated heterocycles. The SMILES string of the molecule is C=C/C=C(\C=C)SC1=CC(C)(C)C=CC=C1. The van der Waals surface area contributed by atoms with Crippen LogP contribution < -0.4 is 0 Å². The molecular formula is C15H18S. The summed E-state index contributed by atoms with van der Waals surface area (Å²) in [5.74, 6) is 0. The van der Waals surface area contributed by atoms with Gasteiger partial charge in [-0.25, -0.2) is 0 Å². The van der Waals surface area contributed by atoms with Crippen LogP contribution in [0.5, 0.6) is 0 Å². The summed E-state index contributed by atoms with van der Waals surface area (Å²) in [4.78, 5) is 2.35. The average molecular weight is 230 g/mol. The van der Waals surface area contributed by atoms with Crippen molar-refractivity contribution in [1.82, 2.24) is 0 Å². The summed E-state index contributed by atoms with van der Waals surface area (Å²) in [6.45, 7) is 11.9. The van der Waals surface area contributed by atoms with E-state index in [1.165, 1.54) is 4.91 Å². The molecule has 0 aromatic rings. The first-order chi connectivity index (χ1) is 7.57. The van der Waals surface area contributed by atoms with Gasteiger partial charge in [0.2, 0.25) is 0 Å². The van der Waals surface area contributed by atoms with Gasteiger partial charge >= 0.3 is 0 Å². The highest BCUT2D eigenvalue weighted by atomic mass is 32.2. The maximum atomic E-state index is 3.80. The van der Waals surface area contributed by atoms with Crippen LogP contribution in [0.2, 0.25) is 0 Å². The second-order valence-electron chi connectivity index (χ2n) is 4.20. The van der Waals surface area contributed by atoms with Crippen molar-refractivity contribution in [2.24, 2.45) is 5.41 Å². The molecule has 1 aliphatic carbocycles. The highest BCUT2D eigenvalue weighted by Gasteiger charge is 2.12. The van der Waals surface area contributed by atoms with Crippen LogP contribution in [-0.4, -0.2) is 0 Å². The van der Waals surface area contributed by atoms with E-state index in [4.69, 9.17) is 0 Å². The van der Waals surface area contributed by atoms with Gasteiger partial charge in [0.1, 0.15) is 0 Å². The van der Waals surface area contributed by atoms with E-state index >= 15 is 0 Å². The zero-order chi connectivity index (χ0) is 12.0. The molecule has 0 aromatic heterocycles. The van der Waals surface area contributed by atoms with Crippen molar-refractivity contribution < 1.29 is 0 Å². The molecule has 0 unspecified atom stereocenters. The van der Waals surface area contributed by atoms with Crippen LogP contribution in [-0.2, 0) is 0 Å². The minimum Gasteiger partial charge on any atom is -0.0990 e. The van der Waals surface area contributed by atoms with Gasteiger partial charge in [-0.15, -0.1) is 0 Å². The van der Waals surface area contributed by atoms with E-state index in [0.717, 1.165) is 4.91 Å². The largest absolute Gasteiger partial charge is 0.0990 e. The molecule has 1 rings (SSSR count). The lowest BCUT2D eigenvalue weighted by atomic mass is 9.93. The topological polar surface area (TPSA) is 0 Å². The summed E-state index contributed by atoms with van der Waals surface area (Å²) < 4.78 is 0. The van der Waals surface area contributed by atoms with E-state index in [2.05, 4.69) is 57.4 Å². The van der Waals surface area contributed by atoms with Crippen LogP contribution in [0.1, 0.15) is 13.8 Å². The molecule has 0 nitrogen and oxygen atoms in total. The first kappa shape index (κ1) is 12.9. The first-order valence-corrected chi connectivity index (χ1v) is 6.11. The Kier molecular flexibility index (Phi) is 4.63. The van der Waals surface area contributed by atoms with Crippen LogP contribution in [0.15, 0.2) is 71.6 Å². The fraction of sp³-hybridized carbons (Fsp3) is 0.200. The van der Waals surface area contributed by atoms with Crippen LogP contribution in [0.25, 0.3) is 0 Å². The quantitative estimate of drug-likeness (QED) is 0.612. The highest BCUT2D eigenvalue weighted by Crippen LogP contribution is 2.33. The third kappa shape index (κ3) is 4.11. The third-order valence-corrected chi connectivity index (χ3v) is 3.16. The van der Waals surface area contributed by atoms with Crippen molar-refractivity contribution in [2.45, 2.75) is 13.8 Å². The van der Waals surface area contributed by atoms with Gasteiger partial charge in [-0.05, 0) is 12.2 Å². The van der Waals surface area contributed by atoms with Gasteiger partial charge in [0, 0.05) is 15.2 Å². The Bertz CT molecular complexity index is 390. The second kappa shape index (κ2) is 5.76. The summed E-state index contributed by atoms with van der Waals surface area (Å²) in [6, 6.07) is 0. The second-order valence-corrected chi connectivity index (χ2v) is 5.34. The van der Waals surface area contributed by atoms with E-state index in [1.807, 2.05) is 12.2 Å². The Morgan fingerprint density at radius 2 is 2.06 bits per heavy atom. The van der Waals surface area contributed by atoms with Gasteiger partial charge in [-0.3, -0.25) is 0 Å². The Balaban J connectivity index is 2.89. The molecule has 0 amide bonds. The van der Waals surface area contributed by atoms with Gasteiger partial charge in [0.05, 0.1) is 0 Å². The van der Waals surface area contributed by atoms with E-state index < -0.39 is 0 Å². The van der Waals surface area contributed by atoms with Crippen molar-refractivity contribution >= 4 is 11.8 Å². The van der Waals surface area contributed by atoms with Crippen molar-refractivity contribution in [3.8, 4) is 0 Å². The summed E-state index contributed by atoms with van der Waals surface area (Å²) >= 11 is 1.71. The lowest BCUT2D eigenvalue weighted by Gasteiger charge is -2.15. The smallest absolute Gasteiger partial charge is 0.0116 e. The molecular weight excluding hydrogens is 212 g/mol. The fourth-order valence-electron chi connectivity index (χ4n) is 1.38. The molecule has 0 bridgehead atoms. The minimum absolute atomic E-state index is 0.103. The fourth-order valence-corrected chi connectivity index (χ4v) is 2.41. The summed E-state index contributed by atoms with van der Waals surface area (Å²) in [5, 5.41) is 0. The van der Waals surface area contributed by atoms with Crippen LogP contribution in [0.4, 0.5) is 0 Å². The summed E-state index contributed by atoms with van der Waals surface area (Å²) in [7, 11) is 0. The van der Waals surface area contributed by atoms with Crippen LogP contribution >= 0.6 is 11.8 Å². The first-order valence-electron chi connectivity index (χ1n) is 5.29. The van der Waals surface area contributed by atoms with Crippen LogP contribution in [0, 0.1) is 5.41 Å². The third-order valence-electron chi connectivity index (χ3n) is 2.13. The molecule has 0 heterocycles. The van der Waals surface area contributed by atoms with E-state index in [0.29, 0.717) is 0 Å². The standard InChI is InChI=1S/C15H18S/c1-5-9-13(6-2)16-14-10-7-8-11-15(3,4)12-14/h5-12H,1-2H2,3-4H3/b13-9+. The number of hydrogen-bond acceptors (Lipinski definition) is 1. The number of thioether (sulfide) groups is 1. The lowest BCUT2D eigenvalue weighted by Crippen LogP contribution is -2.01. The maximum Gasteiger partial charge on any atom is 0.0116 e. The van der Waals surface area contributed by atoms with Gasteiger partial charge in [0.15, 0.2) is 0 Å². The molecule has 1 heteroatoms. The number of hydrogen-bond donors (Lipinski definition) is 0. The van der Waals surface area contributed by atoms with Gasteiger partial charge in [-0.2, -0.15) is 0 Å². The van der Waals surface area contributed by atoms with E-state index in [1.54, 1.807) is 17.8 Å².